The van der Waals surface area contributed by atoms with E-state index in [-0.39, 0.29) is 12.5 Å². The van der Waals surface area contributed by atoms with Crippen molar-refractivity contribution in [1.82, 2.24) is 4.90 Å². The highest BCUT2D eigenvalue weighted by atomic mass is 35.5. The van der Waals surface area contributed by atoms with Gasteiger partial charge in [0.1, 0.15) is 0 Å². The van der Waals surface area contributed by atoms with Crippen molar-refractivity contribution in [1.29, 1.82) is 5.26 Å². The van der Waals surface area contributed by atoms with Crippen LogP contribution in [0.4, 0.5) is 5.69 Å². The topological polar surface area (TPSA) is 70.1 Å². The maximum atomic E-state index is 12.5. The SMILES string of the molecule is C=C(C#N)CN1Cc2c(cccc2-c2ccc(N)c(Cl)c2)C1=O. The zero-order chi connectivity index (χ0) is 16.6. The molecule has 0 fully saturated rings. The molecule has 0 bridgehead atoms. The van der Waals surface area contributed by atoms with Gasteiger partial charge in [0.05, 0.1) is 23.3 Å². The molecule has 1 amide bonds. The molecule has 114 valence electrons. The number of amides is 1. The lowest BCUT2D eigenvalue weighted by atomic mass is 9.97. The largest absolute Gasteiger partial charge is 0.398 e. The van der Waals surface area contributed by atoms with E-state index >= 15 is 0 Å². The van der Waals surface area contributed by atoms with E-state index in [9.17, 15) is 4.79 Å². The van der Waals surface area contributed by atoms with Crippen molar-refractivity contribution in [2.24, 2.45) is 0 Å². The van der Waals surface area contributed by atoms with Gasteiger partial charge in [-0.3, -0.25) is 4.79 Å². The number of nitriles is 1. The lowest BCUT2D eigenvalue weighted by Crippen LogP contribution is -2.25. The minimum atomic E-state index is -0.0835. The molecule has 2 aromatic carbocycles. The van der Waals surface area contributed by atoms with Gasteiger partial charge in [0, 0.05) is 17.7 Å². The van der Waals surface area contributed by atoms with Gasteiger partial charge in [-0.25, -0.2) is 0 Å². The van der Waals surface area contributed by atoms with E-state index in [1.54, 1.807) is 23.1 Å². The molecular weight excluding hydrogens is 310 g/mol. The number of halogens is 1. The fourth-order valence-electron chi connectivity index (χ4n) is 2.75. The van der Waals surface area contributed by atoms with Gasteiger partial charge in [-0.05, 0) is 34.9 Å². The number of hydrogen-bond acceptors (Lipinski definition) is 3. The van der Waals surface area contributed by atoms with Crippen LogP contribution >= 0.6 is 11.6 Å². The molecule has 1 aliphatic heterocycles. The first-order valence-corrected chi connectivity index (χ1v) is 7.43. The van der Waals surface area contributed by atoms with E-state index < -0.39 is 0 Å². The number of nitrogen functional groups attached to an aromatic ring is 1. The predicted octanol–water partition coefficient (Wildman–Crippen LogP) is 3.62. The molecule has 0 saturated heterocycles. The lowest BCUT2D eigenvalue weighted by molar-refractivity contribution is 0.0794. The van der Waals surface area contributed by atoms with Crippen molar-refractivity contribution in [3.63, 3.8) is 0 Å². The lowest BCUT2D eigenvalue weighted by Gasteiger charge is -2.14. The third kappa shape index (κ3) is 2.67. The van der Waals surface area contributed by atoms with Crippen LogP contribution in [0.1, 0.15) is 15.9 Å². The normalized spacial score (nSPS) is 12.9. The zero-order valence-electron chi connectivity index (χ0n) is 12.3. The van der Waals surface area contributed by atoms with Crippen LogP contribution in [0.25, 0.3) is 11.1 Å². The average Bonchev–Trinajstić information content (AvgIpc) is 2.86. The van der Waals surface area contributed by atoms with Gasteiger partial charge >= 0.3 is 0 Å². The molecule has 5 heteroatoms. The molecule has 2 aromatic rings. The molecule has 0 atom stereocenters. The summed E-state index contributed by atoms with van der Waals surface area (Å²) in [5, 5.41) is 9.36. The first-order valence-electron chi connectivity index (χ1n) is 7.05. The number of benzene rings is 2. The number of nitrogens with zero attached hydrogens (tertiary/aromatic N) is 2. The summed E-state index contributed by atoms with van der Waals surface area (Å²) in [4.78, 5) is 14.1. The molecule has 1 heterocycles. The van der Waals surface area contributed by atoms with Gasteiger partial charge in [0.15, 0.2) is 0 Å². The Morgan fingerprint density at radius 3 is 2.78 bits per heavy atom. The van der Waals surface area contributed by atoms with Gasteiger partial charge in [-0.15, -0.1) is 0 Å². The van der Waals surface area contributed by atoms with Crippen LogP contribution in [0.2, 0.25) is 5.02 Å². The standard InChI is InChI=1S/C18H14ClN3O/c1-11(8-20)9-22-10-15-13(3-2-4-14(15)18(22)23)12-5-6-17(21)16(19)7-12/h2-7H,1,9-10,21H2. The molecule has 1 aliphatic rings. The monoisotopic (exact) mass is 323 g/mol. The van der Waals surface area contributed by atoms with Crippen LogP contribution in [0.3, 0.4) is 0 Å². The zero-order valence-corrected chi connectivity index (χ0v) is 13.1. The van der Waals surface area contributed by atoms with Crippen molar-refractivity contribution in [3.8, 4) is 17.2 Å². The Hall–Kier alpha value is -2.77. The Kier molecular flexibility index (Phi) is 3.81. The number of nitrogens with two attached hydrogens (primary N) is 1. The smallest absolute Gasteiger partial charge is 0.254 e. The van der Waals surface area contributed by atoms with Crippen LogP contribution in [0.5, 0.6) is 0 Å². The number of anilines is 1. The fraction of sp³-hybridized carbons (Fsp3) is 0.111. The van der Waals surface area contributed by atoms with Crippen LogP contribution in [0, 0.1) is 11.3 Å². The van der Waals surface area contributed by atoms with Gasteiger partial charge in [0.2, 0.25) is 0 Å². The molecule has 0 unspecified atom stereocenters. The maximum absolute atomic E-state index is 12.5. The third-order valence-electron chi connectivity index (χ3n) is 3.89. The van der Waals surface area contributed by atoms with Gasteiger partial charge in [-0.2, -0.15) is 5.26 Å². The Morgan fingerprint density at radius 2 is 2.09 bits per heavy atom. The minimum absolute atomic E-state index is 0.0835. The number of rotatable bonds is 3. The van der Waals surface area contributed by atoms with Crippen molar-refractivity contribution in [3.05, 3.63) is 64.7 Å². The second kappa shape index (κ2) is 5.79. The van der Waals surface area contributed by atoms with E-state index in [4.69, 9.17) is 22.6 Å². The van der Waals surface area contributed by atoms with Crippen LogP contribution in [-0.2, 0) is 6.54 Å². The number of hydrogen-bond donors (Lipinski definition) is 1. The molecule has 23 heavy (non-hydrogen) atoms. The third-order valence-corrected chi connectivity index (χ3v) is 4.22. The molecular formula is C18H14ClN3O. The maximum Gasteiger partial charge on any atom is 0.254 e. The summed E-state index contributed by atoms with van der Waals surface area (Å²) >= 11 is 6.11. The Balaban J connectivity index is 2.02. The predicted molar refractivity (Wildman–Crippen MR) is 90.8 cm³/mol. The first kappa shape index (κ1) is 15.1. The summed E-state index contributed by atoms with van der Waals surface area (Å²) in [6.45, 7) is 4.34. The first-order chi connectivity index (χ1) is 11.0. The molecule has 0 aliphatic carbocycles. The fourth-order valence-corrected chi connectivity index (χ4v) is 2.93. The van der Waals surface area contributed by atoms with E-state index in [1.807, 2.05) is 24.3 Å². The Labute approximate surface area is 139 Å². The van der Waals surface area contributed by atoms with E-state index in [1.165, 1.54) is 0 Å². The molecule has 0 radical (unpaired) electrons. The molecule has 3 rings (SSSR count). The number of fused-ring (bicyclic) bond motifs is 1. The minimum Gasteiger partial charge on any atom is -0.398 e. The van der Waals surface area contributed by atoms with Crippen LogP contribution in [0.15, 0.2) is 48.6 Å². The second-order valence-electron chi connectivity index (χ2n) is 5.44. The Bertz CT molecular complexity index is 867. The summed E-state index contributed by atoms with van der Waals surface area (Å²) in [5.74, 6) is -0.0835. The molecule has 0 saturated carbocycles. The van der Waals surface area contributed by atoms with E-state index in [0.717, 1.165) is 16.7 Å². The highest BCUT2D eigenvalue weighted by Gasteiger charge is 2.29. The van der Waals surface area contributed by atoms with Gasteiger partial charge < -0.3 is 10.6 Å². The summed E-state index contributed by atoms with van der Waals surface area (Å²) in [6, 6.07) is 13.0. The van der Waals surface area contributed by atoms with E-state index in [0.29, 0.717) is 28.4 Å². The summed E-state index contributed by atoms with van der Waals surface area (Å²) < 4.78 is 0. The summed E-state index contributed by atoms with van der Waals surface area (Å²) in [5.41, 5.74) is 10.1. The summed E-state index contributed by atoms with van der Waals surface area (Å²) in [7, 11) is 0. The summed E-state index contributed by atoms with van der Waals surface area (Å²) in [6.07, 6.45) is 0. The Morgan fingerprint density at radius 1 is 1.35 bits per heavy atom. The highest BCUT2D eigenvalue weighted by Crippen LogP contribution is 2.35. The molecule has 0 aromatic heterocycles. The van der Waals surface area contributed by atoms with Crippen molar-refractivity contribution in [2.75, 3.05) is 12.3 Å². The van der Waals surface area contributed by atoms with Crippen molar-refractivity contribution >= 4 is 23.2 Å². The molecule has 2 N–H and O–H groups in total. The van der Waals surface area contributed by atoms with Gasteiger partial charge in [0.25, 0.3) is 5.91 Å². The second-order valence-corrected chi connectivity index (χ2v) is 5.85. The number of carbonyl (C=O) groups is 1. The molecule has 0 spiro atoms. The quantitative estimate of drug-likeness (QED) is 0.692. The van der Waals surface area contributed by atoms with Crippen molar-refractivity contribution < 1.29 is 4.79 Å². The van der Waals surface area contributed by atoms with Crippen molar-refractivity contribution in [2.45, 2.75) is 6.54 Å². The molecule has 4 nitrogen and oxygen atoms in total. The average molecular weight is 324 g/mol. The van der Waals surface area contributed by atoms with E-state index in [2.05, 4.69) is 6.58 Å². The highest BCUT2D eigenvalue weighted by molar-refractivity contribution is 6.33. The van der Waals surface area contributed by atoms with Crippen LogP contribution in [-0.4, -0.2) is 17.4 Å². The van der Waals surface area contributed by atoms with Gasteiger partial charge in [-0.1, -0.05) is 36.4 Å². The number of carbonyl (C=O) groups excluding carboxylic acids is 1. The van der Waals surface area contributed by atoms with Crippen LogP contribution < -0.4 is 5.73 Å².